The minimum atomic E-state index is -0.0187. The van der Waals surface area contributed by atoms with Gasteiger partial charge >= 0.3 is 0 Å². The topological polar surface area (TPSA) is 61.4 Å². The molecule has 0 aromatic heterocycles. The molecule has 1 aliphatic carbocycles. The zero-order valence-corrected chi connectivity index (χ0v) is 10.1. The van der Waals surface area contributed by atoms with Gasteiger partial charge in [-0.25, -0.2) is 0 Å². The van der Waals surface area contributed by atoms with Crippen LogP contribution in [0.2, 0.25) is 0 Å². The van der Waals surface area contributed by atoms with Gasteiger partial charge in [0, 0.05) is 19.1 Å². The third-order valence-electron chi connectivity index (χ3n) is 2.62. The van der Waals surface area contributed by atoms with Gasteiger partial charge in [-0.05, 0) is 26.7 Å². The average Bonchev–Trinajstić information content (AvgIpc) is 3.03. The quantitative estimate of drug-likeness (QED) is 0.629. The van der Waals surface area contributed by atoms with E-state index in [0.29, 0.717) is 19.1 Å². The van der Waals surface area contributed by atoms with Gasteiger partial charge in [-0.3, -0.25) is 14.9 Å². The molecular formula is C11H21N3O2. The number of likely N-dealkylation sites (N-methyl/N-ethyl adjacent to an activating group) is 1. The number of hydrogen-bond donors (Lipinski definition) is 2. The fraction of sp³-hybridized carbons (Fsp3) is 0.818. The van der Waals surface area contributed by atoms with Crippen LogP contribution in [0.5, 0.6) is 0 Å². The molecule has 0 unspecified atom stereocenters. The summed E-state index contributed by atoms with van der Waals surface area (Å²) in [6.07, 6.45) is 2.17. The van der Waals surface area contributed by atoms with Crippen LogP contribution in [0.15, 0.2) is 0 Å². The van der Waals surface area contributed by atoms with E-state index in [1.807, 2.05) is 13.8 Å². The molecule has 0 saturated heterocycles. The number of nitrogens with one attached hydrogen (secondary N) is 2. The Bertz CT molecular complexity index is 248. The molecule has 1 rings (SSSR count). The zero-order valence-electron chi connectivity index (χ0n) is 10.1. The molecule has 0 bridgehead atoms. The molecule has 0 atom stereocenters. The number of nitrogens with zero attached hydrogens (tertiary/aromatic N) is 1. The van der Waals surface area contributed by atoms with Crippen LogP contribution >= 0.6 is 0 Å². The first-order valence-corrected chi connectivity index (χ1v) is 5.95. The fourth-order valence-corrected chi connectivity index (χ4v) is 1.48. The van der Waals surface area contributed by atoms with Crippen molar-refractivity contribution in [1.29, 1.82) is 0 Å². The third kappa shape index (κ3) is 4.61. The van der Waals surface area contributed by atoms with Crippen molar-refractivity contribution in [3.05, 3.63) is 0 Å². The van der Waals surface area contributed by atoms with E-state index in [4.69, 9.17) is 0 Å². The van der Waals surface area contributed by atoms with Gasteiger partial charge in [-0.2, -0.15) is 0 Å². The van der Waals surface area contributed by atoms with Crippen molar-refractivity contribution in [3.8, 4) is 0 Å². The van der Waals surface area contributed by atoms with Crippen molar-refractivity contribution in [2.45, 2.75) is 32.7 Å². The summed E-state index contributed by atoms with van der Waals surface area (Å²) in [5.74, 6) is 0.0269. The van der Waals surface area contributed by atoms with Gasteiger partial charge in [0.25, 0.3) is 0 Å². The van der Waals surface area contributed by atoms with Crippen LogP contribution < -0.4 is 10.6 Å². The molecule has 0 radical (unpaired) electrons. The van der Waals surface area contributed by atoms with Crippen LogP contribution in [0, 0.1) is 0 Å². The molecule has 1 fully saturated rings. The van der Waals surface area contributed by atoms with E-state index in [1.165, 1.54) is 0 Å². The van der Waals surface area contributed by atoms with Crippen molar-refractivity contribution < 1.29 is 9.59 Å². The lowest BCUT2D eigenvalue weighted by molar-refractivity contribution is -0.129. The molecule has 5 nitrogen and oxygen atoms in total. The van der Waals surface area contributed by atoms with Gasteiger partial charge in [-0.1, -0.05) is 0 Å². The van der Waals surface area contributed by atoms with Crippen molar-refractivity contribution >= 4 is 11.8 Å². The first-order valence-electron chi connectivity index (χ1n) is 5.95. The first-order chi connectivity index (χ1) is 7.67. The summed E-state index contributed by atoms with van der Waals surface area (Å²) < 4.78 is 0. The summed E-state index contributed by atoms with van der Waals surface area (Å²) in [5, 5.41) is 5.72. The molecule has 5 heteroatoms. The molecule has 2 amide bonds. The fourth-order valence-electron chi connectivity index (χ4n) is 1.48. The largest absolute Gasteiger partial charge is 0.352 e. The SMILES string of the molecule is CCN(CC)C(=O)CNCC(=O)NC1CC1. The van der Waals surface area contributed by atoms with E-state index < -0.39 is 0 Å². The van der Waals surface area contributed by atoms with E-state index in [-0.39, 0.29) is 24.9 Å². The Morgan fingerprint density at radius 2 is 1.81 bits per heavy atom. The van der Waals surface area contributed by atoms with E-state index >= 15 is 0 Å². The molecule has 0 aliphatic heterocycles. The molecular weight excluding hydrogens is 206 g/mol. The van der Waals surface area contributed by atoms with E-state index in [0.717, 1.165) is 12.8 Å². The Morgan fingerprint density at radius 1 is 1.19 bits per heavy atom. The smallest absolute Gasteiger partial charge is 0.236 e. The lowest BCUT2D eigenvalue weighted by Gasteiger charge is -2.18. The van der Waals surface area contributed by atoms with Crippen LogP contribution in [0.1, 0.15) is 26.7 Å². The number of hydrogen-bond acceptors (Lipinski definition) is 3. The van der Waals surface area contributed by atoms with Crippen molar-refractivity contribution in [3.63, 3.8) is 0 Å². The van der Waals surface area contributed by atoms with E-state index in [9.17, 15) is 9.59 Å². The van der Waals surface area contributed by atoms with Gasteiger partial charge in [0.05, 0.1) is 13.1 Å². The standard InChI is InChI=1S/C11H21N3O2/c1-3-14(4-2)11(16)8-12-7-10(15)13-9-5-6-9/h9,12H,3-8H2,1-2H3,(H,13,15). The minimum absolute atomic E-state index is 0.0187. The van der Waals surface area contributed by atoms with Gasteiger partial charge in [-0.15, -0.1) is 0 Å². The summed E-state index contributed by atoms with van der Waals surface area (Å²) >= 11 is 0. The Kier molecular flexibility index (Phi) is 5.25. The van der Waals surface area contributed by atoms with Crippen LogP contribution in [0.3, 0.4) is 0 Å². The first kappa shape index (κ1) is 13.0. The summed E-state index contributed by atoms with van der Waals surface area (Å²) in [6.45, 7) is 5.78. The van der Waals surface area contributed by atoms with Crippen molar-refractivity contribution in [2.24, 2.45) is 0 Å². The molecule has 16 heavy (non-hydrogen) atoms. The van der Waals surface area contributed by atoms with Crippen LogP contribution in [0.25, 0.3) is 0 Å². The van der Waals surface area contributed by atoms with Gasteiger partial charge in [0.15, 0.2) is 0 Å². The highest BCUT2D eigenvalue weighted by Gasteiger charge is 2.22. The van der Waals surface area contributed by atoms with Crippen LogP contribution in [-0.4, -0.2) is 48.9 Å². The summed E-state index contributed by atoms with van der Waals surface area (Å²) in [7, 11) is 0. The van der Waals surface area contributed by atoms with Crippen molar-refractivity contribution in [2.75, 3.05) is 26.2 Å². The molecule has 2 N–H and O–H groups in total. The highest BCUT2D eigenvalue weighted by Crippen LogP contribution is 2.18. The molecule has 0 spiro atoms. The lowest BCUT2D eigenvalue weighted by Crippen LogP contribution is -2.42. The number of carbonyl (C=O) groups excluding carboxylic acids is 2. The third-order valence-corrected chi connectivity index (χ3v) is 2.62. The maximum atomic E-state index is 11.6. The van der Waals surface area contributed by atoms with E-state index in [1.54, 1.807) is 4.90 Å². The normalized spacial score (nSPS) is 14.6. The van der Waals surface area contributed by atoms with Crippen molar-refractivity contribution in [1.82, 2.24) is 15.5 Å². The second-order valence-electron chi connectivity index (χ2n) is 4.01. The average molecular weight is 227 g/mol. The van der Waals surface area contributed by atoms with Gasteiger partial charge in [0.2, 0.25) is 11.8 Å². The van der Waals surface area contributed by atoms with Crippen LogP contribution in [0.4, 0.5) is 0 Å². The summed E-state index contributed by atoms with van der Waals surface area (Å²) in [6, 6.07) is 0.382. The second-order valence-corrected chi connectivity index (χ2v) is 4.01. The number of carbonyl (C=O) groups is 2. The van der Waals surface area contributed by atoms with Crippen LogP contribution in [-0.2, 0) is 9.59 Å². The molecule has 0 aromatic carbocycles. The Labute approximate surface area is 96.6 Å². The Balaban J connectivity index is 2.08. The molecule has 92 valence electrons. The molecule has 0 aromatic rings. The predicted octanol–water partition coefficient (Wildman–Crippen LogP) is -0.277. The van der Waals surface area contributed by atoms with Gasteiger partial charge in [0.1, 0.15) is 0 Å². The number of amides is 2. The number of rotatable bonds is 7. The summed E-state index contributed by atoms with van der Waals surface area (Å²) in [4.78, 5) is 24.6. The highest BCUT2D eigenvalue weighted by molar-refractivity contribution is 5.81. The van der Waals surface area contributed by atoms with Gasteiger partial charge < -0.3 is 10.2 Å². The Morgan fingerprint density at radius 3 is 2.31 bits per heavy atom. The minimum Gasteiger partial charge on any atom is -0.352 e. The monoisotopic (exact) mass is 227 g/mol. The summed E-state index contributed by atoms with van der Waals surface area (Å²) in [5.41, 5.74) is 0. The lowest BCUT2D eigenvalue weighted by atomic mass is 10.4. The second kappa shape index (κ2) is 6.48. The van der Waals surface area contributed by atoms with E-state index in [2.05, 4.69) is 10.6 Å². The maximum Gasteiger partial charge on any atom is 0.236 e. The molecule has 1 saturated carbocycles. The maximum absolute atomic E-state index is 11.6. The molecule has 1 aliphatic rings. The highest BCUT2D eigenvalue weighted by atomic mass is 16.2. The predicted molar refractivity (Wildman–Crippen MR) is 62.0 cm³/mol. The Hall–Kier alpha value is -1.10. The molecule has 0 heterocycles. The zero-order chi connectivity index (χ0) is 12.0.